The molecule has 0 heterocycles. The van der Waals surface area contributed by atoms with Crippen LogP contribution in [0.4, 0.5) is 5.69 Å². The van der Waals surface area contributed by atoms with E-state index in [2.05, 4.69) is 16.4 Å². The predicted octanol–water partition coefficient (Wildman–Crippen LogP) is 1.34. The lowest BCUT2D eigenvalue weighted by Gasteiger charge is -2.07. The molecule has 0 unspecified atom stereocenters. The second kappa shape index (κ2) is 7.42. The third-order valence-corrected chi connectivity index (χ3v) is 2.98. The second-order valence-electron chi connectivity index (χ2n) is 4.69. The molecule has 0 amide bonds. The SMILES string of the molecule is NC(N)=Nc1cccc(-c2cccc(CNCCO)c2)c1. The van der Waals surface area contributed by atoms with E-state index < -0.39 is 0 Å². The highest BCUT2D eigenvalue weighted by Gasteiger charge is 2.01. The minimum absolute atomic E-state index is 0.0501. The van der Waals surface area contributed by atoms with Crippen LogP contribution in [0, 0.1) is 0 Å². The first-order valence-electron chi connectivity index (χ1n) is 6.79. The lowest BCUT2D eigenvalue weighted by atomic mass is 10.0. The molecule has 2 aromatic rings. The van der Waals surface area contributed by atoms with Crippen LogP contribution in [0.15, 0.2) is 53.5 Å². The summed E-state index contributed by atoms with van der Waals surface area (Å²) in [4.78, 5) is 4.06. The number of nitrogens with one attached hydrogen (secondary N) is 1. The number of benzene rings is 2. The number of aliphatic imine (C=N–C) groups is 1. The number of aliphatic hydroxyl groups is 1. The molecule has 0 radical (unpaired) electrons. The van der Waals surface area contributed by atoms with E-state index in [4.69, 9.17) is 16.6 Å². The van der Waals surface area contributed by atoms with Gasteiger partial charge in [0.15, 0.2) is 5.96 Å². The van der Waals surface area contributed by atoms with E-state index in [1.807, 2.05) is 42.5 Å². The van der Waals surface area contributed by atoms with Gasteiger partial charge in [0.2, 0.25) is 0 Å². The van der Waals surface area contributed by atoms with Crippen LogP contribution in [0.2, 0.25) is 0 Å². The summed E-state index contributed by atoms with van der Waals surface area (Å²) in [6.45, 7) is 1.45. The Morgan fingerprint density at radius 2 is 1.76 bits per heavy atom. The number of rotatable bonds is 6. The predicted molar refractivity (Wildman–Crippen MR) is 86.1 cm³/mol. The van der Waals surface area contributed by atoms with Crippen LogP contribution in [-0.2, 0) is 6.54 Å². The average molecular weight is 284 g/mol. The van der Waals surface area contributed by atoms with Gasteiger partial charge in [-0.1, -0.05) is 30.3 Å². The van der Waals surface area contributed by atoms with Crippen molar-refractivity contribution in [3.63, 3.8) is 0 Å². The maximum atomic E-state index is 8.78. The topological polar surface area (TPSA) is 96.7 Å². The fourth-order valence-corrected chi connectivity index (χ4v) is 2.08. The first-order valence-corrected chi connectivity index (χ1v) is 6.79. The van der Waals surface area contributed by atoms with E-state index in [-0.39, 0.29) is 12.6 Å². The van der Waals surface area contributed by atoms with Crippen molar-refractivity contribution in [1.29, 1.82) is 0 Å². The Balaban J connectivity index is 2.21. The van der Waals surface area contributed by atoms with Gasteiger partial charge in [0, 0.05) is 13.1 Å². The monoisotopic (exact) mass is 284 g/mol. The Labute approximate surface area is 124 Å². The molecule has 0 spiro atoms. The average Bonchev–Trinajstić information content (AvgIpc) is 2.47. The van der Waals surface area contributed by atoms with Gasteiger partial charge in [-0.2, -0.15) is 0 Å². The van der Waals surface area contributed by atoms with Gasteiger partial charge >= 0.3 is 0 Å². The molecule has 5 nitrogen and oxygen atoms in total. The fraction of sp³-hybridized carbons (Fsp3) is 0.188. The molecular formula is C16H20N4O. The number of aliphatic hydroxyl groups excluding tert-OH is 1. The molecule has 6 N–H and O–H groups in total. The smallest absolute Gasteiger partial charge is 0.191 e. The maximum absolute atomic E-state index is 8.78. The molecule has 0 atom stereocenters. The highest BCUT2D eigenvalue weighted by molar-refractivity contribution is 5.80. The summed E-state index contributed by atoms with van der Waals surface area (Å²) in [5.74, 6) is 0.0501. The zero-order valence-corrected chi connectivity index (χ0v) is 11.8. The molecule has 0 fully saturated rings. The molecule has 21 heavy (non-hydrogen) atoms. The van der Waals surface area contributed by atoms with E-state index >= 15 is 0 Å². The largest absolute Gasteiger partial charge is 0.395 e. The molecule has 0 aliphatic heterocycles. The van der Waals surface area contributed by atoms with Crippen molar-refractivity contribution in [3.05, 3.63) is 54.1 Å². The molecule has 0 saturated heterocycles. The Hall–Kier alpha value is -2.37. The highest BCUT2D eigenvalue weighted by Crippen LogP contribution is 2.24. The number of hydrogen-bond donors (Lipinski definition) is 4. The minimum atomic E-state index is 0.0501. The summed E-state index contributed by atoms with van der Waals surface area (Å²) in [6.07, 6.45) is 0. The molecule has 110 valence electrons. The zero-order valence-electron chi connectivity index (χ0n) is 11.8. The number of guanidine groups is 1. The van der Waals surface area contributed by atoms with Gasteiger partial charge in [-0.25, -0.2) is 4.99 Å². The van der Waals surface area contributed by atoms with Crippen LogP contribution in [0.3, 0.4) is 0 Å². The van der Waals surface area contributed by atoms with Crippen molar-refractivity contribution in [3.8, 4) is 11.1 Å². The second-order valence-corrected chi connectivity index (χ2v) is 4.69. The van der Waals surface area contributed by atoms with E-state index in [0.29, 0.717) is 6.54 Å². The van der Waals surface area contributed by atoms with Crippen LogP contribution in [0.5, 0.6) is 0 Å². The van der Waals surface area contributed by atoms with Crippen molar-refractivity contribution in [2.24, 2.45) is 16.5 Å². The quantitative estimate of drug-likeness (QED) is 0.365. The standard InChI is InChI=1S/C16H20N4O/c17-16(18)20-15-6-2-5-14(10-15)13-4-1-3-12(9-13)11-19-7-8-21/h1-6,9-10,19,21H,7-8,11H2,(H4,17,18,20). The van der Waals surface area contributed by atoms with Gasteiger partial charge in [-0.15, -0.1) is 0 Å². The molecular weight excluding hydrogens is 264 g/mol. The maximum Gasteiger partial charge on any atom is 0.191 e. The Bertz CT molecular complexity index is 621. The molecule has 5 heteroatoms. The van der Waals surface area contributed by atoms with Crippen molar-refractivity contribution in [2.45, 2.75) is 6.54 Å². The normalized spacial score (nSPS) is 10.3. The van der Waals surface area contributed by atoms with Gasteiger partial charge < -0.3 is 21.9 Å². The molecule has 2 aromatic carbocycles. The van der Waals surface area contributed by atoms with Crippen molar-refractivity contribution >= 4 is 11.6 Å². The van der Waals surface area contributed by atoms with Gasteiger partial charge in [-0.05, 0) is 34.9 Å². The van der Waals surface area contributed by atoms with E-state index in [1.165, 1.54) is 0 Å². The lowest BCUT2D eigenvalue weighted by Crippen LogP contribution is -2.21. The zero-order chi connectivity index (χ0) is 15.1. The van der Waals surface area contributed by atoms with E-state index in [0.717, 1.165) is 28.9 Å². The molecule has 0 saturated carbocycles. The number of hydrogen-bond acceptors (Lipinski definition) is 3. The van der Waals surface area contributed by atoms with Crippen molar-refractivity contribution in [2.75, 3.05) is 13.2 Å². The number of nitrogens with two attached hydrogens (primary N) is 2. The van der Waals surface area contributed by atoms with Crippen LogP contribution in [0.1, 0.15) is 5.56 Å². The molecule has 0 bridgehead atoms. The molecule has 2 rings (SSSR count). The first kappa shape index (κ1) is 15.0. The Morgan fingerprint density at radius 1 is 1.05 bits per heavy atom. The molecule has 0 aliphatic carbocycles. The first-order chi connectivity index (χ1) is 10.2. The number of nitrogens with zero attached hydrogens (tertiary/aromatic N) is 1. The van der Waals surface area contributed by atoms with Gasteiger partial charge in [0.05, 0.1) is 12.3 Å². The summed E-state index contributed by atoms with van der Waals surface area (Å²) in [7, 11) is 0. The van der Waals surface area contributed by atoms with Gasteiger partial charge in [0.1, 0.15) is 0 Å². The highest BCUT2D eigenvalue weighted by atomic mass is 16.3. The third-order valence-electron chi connectivity index (χ3n) is 2.98. The fourth-order valence-electron chi connectivity index (χ4n) is 2.08. The van der Waals surface area contributed by atoms with Crippen LogP contribution in [-0.4, -0.2) is 24.2 Å². The third kappa shape index (κ3) is 4.59. The van der Waals surface area contributed by atoms with Crippen molar-refractivity contribution < 1.29 is 5.11 Å². The summed E-state index contributed by atoms with van der Waals surface area (Å²) in [5.41, 5.74) is 14.9. The summed E-state index contributed by atoms with van der Waals surface area (Å²) in [6, 6.07) is 16.0. The van der Waals surface area contributed by atoms with Crippen LogP contribution in [0.25, 0.3) is 11.1 Å². The van der Waals surface area contributed by atoms with Crippen LogP contribution < -0.4 is 16.8 Å². The molecule has 0 aromatic heterocycles. The van der Waals surface area contributed by atoms with E-state index in [1.54, 1.807) is 0 Å². The van der Waals surface area contributed by atoms with Crippen LogP contribution >= 0.6 is 0 Å². The lowest BCUT2D eigenvalue weighted by molar-refractivity contribution is 0.292. The minimum Gasteiger partial charge on any atom is -0.395 e. The molecule has 0 aliphatic rings. The van der Waals surface area contributed by atoms with E-state index in [9.17, 15) is 0 Å². The Morgan fingerprint density at radius 3 is 2.48 bits per heavy atom. The van der Waals surface area contributed by atoms with Gasteiger partial charge in [0.25, 0.3) is 0 Å². The summed E-state index contributed by atoms with van der Waals surface area (Å²) >= 11 is 0. The van der Waals surface area contributed by atoms with Gasteiger partial charge in [-0.3, -0.25) is 0 Å². The van der Waals surface area contributed by atoms with Crippen molar-refractivity contribution in [1.82, 2.24) is 5.32 Å². The summed E-state index contributed by atoms with van der Waals surface area (Å²) in [5, 5.41) is 11.9. The Kier molecular flexibility index (Phi) is 5.31. The summed E-state index contributed by atoms with van der Waals surface area (Å²) < 4.78 is 0.